The average Bonchev–Trinajstić information content (AvgIpc) is 3.53. The van der Waals surface area contributed by atoms with Crippen LogP contribution in [0.1, 0.15) is 43.5 Å². The highest BCUT2D eigenvalue weighted by Crippen LogP contribution is 2.37. The summed E-state index contributed by atoms with van der Waals surface area (Å²) in [5.41, 5.74) is 3.94. The predicted octanol–water partition coefficient (Wildman–Crippen LogP) is 6.47. The zero-order valence-corrected chi connectivity index (χ0v) is 22.8. The Balaban J connectivity index is 1.28. The van der Waals surface area contributed by atoms with E-state index in [9.17, 15) is 4.79 Å². The van der Waals surface area contributed by atoms with Crippen molar-refractivity contribution in [3.05, 3.63) is 84.2 Å². The summed E-state index contributed by atoms with van der Waals surface area (Å²) in [4.78, 5) is 19.9. The third-order valence-corrected chi connectivity index (χ3v) is 7.13. The molecule has 1 fully saturated rings. The molecule has 202 valence electrons. The van der Waals surface area contributed by atoms with Crippen molar-refractivity contribution < 1.29 is 19.0 Å². The van der Waals surface area contributed by atoms with Gasteiger partial charge in [0.1, 0.15) is 11.6 Å². The summed E-state index contributed by atoms with van der Waals surface area (Å²) in [5.74, 6) is 3.24. The quantitative estimate of drug-likeness (QED) is 0.210. The molecule has 3 aromatic carbocycles. The highest BCUT2D eigenvalue weighted by atomic mass is 16.5. The number of nitrogens with zero attached hydrogens (tertiary/aromatic N) is 3. The molecule has 1 aromatic heterocycles. The molecule has 1 aliphatic rings. The van der Waals surface area contributed by atoms with Crippen LogP contribution in [0, 0.1) is 0 Å². The number of anilines is 1. The first kappa shape index (κ1) is 26.4. The van der Waals surface area contributed by atoms with Crippen LogP contribution in [0.4, 0.5) is 5.69 Å². The molecular weight excluding hydrogens is 490 g/mol. The number of methoxy groups -OCH3 is 2. The van der Waals surface area contributed by atoms with E-state index >= 15 is 0 Å². The number of benzene rings is 3. The maximum Gasteiger partial charge on any atom is 0.227 e. The number of imidazole rings is 1. The number of hydrogen-bond donors (Lipinski definition) is 0. The van der Waals surface area contributed by atoms with Crippen molar-refractivity contribution in [3.63, 3.8) is 0 Å². The number of allylic oxidation sites excluding steroid dienone is 1. The van der Waals surface area contributed by atoms with E-state index < -0.39 is 0 Å². The van der Waals surface area contributed by atoms with Crippen LogP contribution in [0.2, 0.25) is 0 Å². The lowest BCUT2D eigenvalue weighted by atomic mass is 10.1. The second-order valence-electron chi connectivity index (χ2n) is 9.65. The molecule has 1 saturated heterocycles. The van der Waals surface area contributed by atoms with Gasteiger partial charge in [0.25, 0.3) is 0 Å². The van der Waals surface area contributed by atoms with Crippen LogP contribution in [0.5, 0.6) is 17.2 Å². The van der Waals surface area contributed by atoms with Crippen molar-refractivity contribution in [2.75, 3.05) is 32.3 Å². The average molecular weight is 526 g/mol. The summed E-state index contributed by atoms with van der Waals surface area (Å²) in [6.07, 6.45) is 6.26. The van der Waals surface area contributed by atoms with E-state index in [4.69, 9.17) is 19.2 Å². The lowest BCUT2D eigenvalue weighted by molar-refractivity contribution is -0.117. The van der Waals surface area contributed by atoms with Gasteiger partial charge >= 0.3 is 0 Å². The molecule has 5 rings (SSSR count). The Morgan fingerprint density at radius 2 is 1.74 bits per heavy atom. The van der Waals surface area contributed by atoms with Crippen molar-refractivity contribution in [3.8, 4) is 17.2 Å². The lowest BCUT2D eigenvalue weighted by Crippen LogP contribution is -2.25. The van der Waals surface area contributed by atoms with Crippen molar-refractivity contribution in [1.29, 1.82) is 0 Å². The Hall–Kier alpha value is -4.26. The number of aryl methyl sites for hydroxylation is 1. The van der Waals surface area contributed by atoms with E-state index in [-0.39, 0.29) is 11.8 Å². The Morgan fingerprint density at radius 3 is 2.56 bits per heavy atom. The van der Waals surface area contributed by atoms with Gasteiger partial charge in [-0.3, -0.25) is 4.79 Å². The summed E-state index contributed by atoms with van der Waals surface area (Å²) in [6.45, 7) is 3.96. The standard InChI is InChI=1S/C32H35N3O4/c1-4-11-23-16-17-29(30(20-23)38-3)39-19-10-9-18-34-26-13-6-5-12-25(26)33-32(34)24-21-31(36)35(22-24)27-14-7-8-15-28(27)37-2/h4-8,11-17,20,24H,9-10,18-19,21-22H2,1-3H3/b11-4+. The number of hydrogen-bond acceptors (Lipinski definition) is 5. The number of rotatable bonds is 11. The number of carbonyl (C=O) groups excluding carboxylic acids is 1. The van der Waals surface area contributed by atoms with Gasteiger partial charge < -0.3 is 23.7 Å². The smallest absolute Gasteiger partial charge is 0.227 e. The number of para-hydroxylation sites is 4. The number of carbonyl (C=O) groups is 1. The van der Waals surface area contributed by atoms with Crippen LogP contribution >= 0.6 is 0 Å². The normalized spacial score (nSPS) is 15.4. The molecule has 7 nitrogen and oxygen atoms in total. The molecule has 0 saturated carbocycles. The summed E-state index contributed by atoms with van der Waals surface area (Å²) < 4.78 is 19.4. The van der Waals surface area contributed by atoms with E-state index in [0.29, 0.717) is 25.3 Å². The highest BCUT2D eigenvalue weighted by molar-refractivity contribution is 5.97. The van der Waals surface area contributed by atoms with Gasteiger partial charge in [0.05, 0.1) is 37.5 Å². The SMILES string of the molecule is C/C=C/c1ccc(OCCCCn2c(C3CC(=O)N(c4ccccc4OC)C3)nc3ccccc32)c(OC)c1. The summed E-state index contributed by atoms with van der Waals surface area (Å²) in [6, 6.07) is 21.8. The van der Waals surface area contributed by atoms with Gasteiger partial charge in [0.2, 0.25) is 5.91 Å². The molecule has 2 heterocycles. The van der Waals surface area contributed by atoms with Crippen LogP contribution in [0.15, 0.2) is 72.8 Å². The highest BCUT2D eigenvalue weighted by Gasteiger charge is 2.35. The van der Waals surface area contributed by atoms with E-state index in [1.807, 2.05) is 84.6 Å². The predicted molar refractivity (Wildman–Crippen MR) is 155 cm³/mol. The first-order valence-corrected chi connectivity index (χ1v) is 13.4. The first-order chi connectivity index (χ1) is 19.1. The maximum atomic E-state index is 13.1. The van der Waals surface area contributed by atoms with Gasteiger partial charge in [-0.15, -0.1) is 0 Å². The molecule has 0 bridgehead atoms. The number of unbranched alkanes of at least 4 members (excludes halogenated alkanes) is 1. The van der Waals surface area contributed by atoms with Crippen LogP contribution in [-0.2, 0) is 11.3 Å². The fraction of sp³-hybridized carbons (Fsp3) is 0.312. The van der Waals surface area contributed by atoms with Crippen LogP contribution in [0.25, 0.3) is 17.1 Å². The summed E-state index contributed by atoms with van der Waals surface area (Å²) in [7, 11) is 3.30. The van der Waals surface area contributed by atoms with Gasteiger partial charge in [-0.2, -0.15) is 0 Å². The Bertz CT molecular complexity index is 1480. The topological polar surface area (TPSA) is 65.8 Å². The second kappa shape index (κ2) is 12.1. The van der Waals surface area contributed by atoms with Gasteiger partial charge in [0.15, 0.2) is 11.5 Å². The van der Waals surface area contributed by atoms with Gasteiger partial charge in [-0.05, 0) is 61.7 Å². The Labute approximate surface area is 229 Å². The minimum atomic E-state index is 0.00556. The number of ether oxygens (including phenoxy) is 3. The van der Waals surface area contributed by atoms with Crippen molar-refractivity contribution in [2.24, 2.45) is 0 Å². The largest absolute Gasteiger partial charge is 0.495 e. The van der Waals surface area contributed by atoms with Crippen LogP contribution in [0.3, 0.4) is 0 Å². The molecule has 39 heavy (non-hydrogen) atoms. The Kier molecular flexibility index (Phi) is 8.16. The molecular formula is C32H35N3O4. The fourth-order valence-electron chi connectivity index (χ4n) is 5.26. The van der Waals surface area contributed by atoms with Crippen LogP contribution in [-0.4, -0.2) is 42.8 Å². The minimum Gasteiger partial charge on any atom is -0.495 e. The number of amides is 1. The monoisotopic (exact) mass is 525 g/mol. The molecule has 1 aliphatic heterocycles. The van der Waals surface area contributed by atoms with Crippen molar-refractivity contribution >= 4 is 28.7 Å². The Morgan fingerprint density at radius 1 is 0.949 bits per heavy atom. The molecule has 1 unspecified atom stereocenters. The number of fused-ring (bicyclic) bond motifs is 1. The van der Waals surface area contributed by atoms with E-state index in [0.717, 1.165) is 59.0 Å². The van der Waals surface area contributed by atoms with E-state index in [2.05, 4.69) is 10.6 Å². The van der Waals surface area contributed by atoms with Crippen molar-refractivity contribution in [2.45, 2.75) is 38.6 Å². The molecule has 0 radical (unpaired) electrons. The zero-order valence-electron chi connectivity index (χ0n) is 22.8. The van der Waals surface area contributed by atoms with Gasteiger partial charge in [-0.25, -0.2) is 4.98 Å². The van der Waals surface area contributed by atoms with Crippen molar-refractivity contribution in [1.82, 2.24) is 9.55 Å². The van der Waals surface area contributed by atoms with Crippen LogP contribution < -0.4 is 19.1 Å². The van der Waals surface area contributed by atoms with E-state index in [1.165, 1.54) is 0 Å². The lowest BCUT2D eigenvalue weighted by Gasteiger charge is -2.20. The molecule has 1 atom stereocenters. The minimum absolute atomic E-state index is 0.00556. The third kappa shape index (κ3) is 5.62. The maximum absolute atomic E-state index is 13.1. The number of aromatic nitrogens is 2. The molecule has 7 heteroatoms. The summed E-state index contributed by atoms with van der Waals surface area (Å²) in [5, 5.41) is 0. The second-order valence-corrected chi connectivity index (χ2v) is 9.65. The third-order valence-electron chi connectivity index (χ3n) is 7.13. The van der Waals surface area contributed by atoms with E-state index in [1.54, 1.807) is 14.2 Å². The molecule has 1 amide bonds. The first-order valence-electron chi connectivity index (χ1n) is 13.4. The van der Waals surface area contributed by atoms with Gasteiger partial charge in [-0.1, -0.05) is 42.5 Å². The van der Waals surface area contributed by atoms with Gasteiger partial charge in [0, 0.05) is 25.4 Å². The molecule has 0 spiro atoms. The zero-order chi connectivity index (χ0) is 27.2. The molecule has 4 aromatic rings. The molecule has 0 aliphatic carbocycles. The fourth-order valence-corrected chi connectivity index (χ4v) is 5.26. The molecule has 0 N–H and O–H groups in total. The summed E-state index contributed by atoms with van der Waals surface area (Å²) >= 11 is 0.